The van der Waals surface area contributed by atoms with Gasteiger partial charge in [0.1, 0.15) is 6.10 Å². The molecule has 2 aliphatic rings. The van der Waals surface area contributed by atoms with Crippen molar-refractivity contribution in [3.8, 4) is 0 Å². The molecule has 2 unspecified atom stereocenters. The molecule has 1 aliphatic carbocycles. The van der Waals surface area contributed by atoms with Crippen molar-refractivity contribution in [2.75, 3.05) is 13.1 Å². The second-order valence-electron chi connectivity index (χ2n) is 4.13. The molecule has 0 spiro atoms. The third kappa shape index (κ3) is 1.64. The van der Waals surface area contributed by atoms with E-state index in [0.717, 1.165) is 12.8 Å². The molecule has 2 nitrogen and oxygen atoms in total. The average Bonchev–Trinajstić information content (AvgIpc) is 2.57. The van der Waals surface area contributed by atoms with Crippen LogP contribution in [-0.4, -0.2) is 30.1 Å². The number of hydrogen-bond acceptors (Lipinski definition) is 1. The highest BCUT2D eigenvalue weighted by Gasteiger charge is 2.30. The molecule has 0 bridgehead atoms. The summed E-state index contributed by atoms with van der Waals surface area (Å²) in [6, 6.07) is 0.390. The summed E-state index contributed by atoms with van der Waals surface area (Å²) in [4.78, 5) is 2.43. The summed E-state index contributed by atoms with van der Waals surface area (Å²) in [5, 5.41) is 11.6. The summed E-state index contributed by atoms with van der Waals surface area (Å²) in [6.45, 7) is 2.37. The summed E-state index contributed by atoms with van der Waals surface area (Å²) in [5.74, 6) is 0. The van der Waals surface area contributed by atoms with Crippen molar-refractivity contribution in [2.45, 2.75) is 50.7 Å². The predicted octanol–water partition coefficient (Wildman–Crippen LogP) is 1.82. The van der Waals surface area contributed by atoms with Gasteiger partial charge in [-0.3, -0.25) is 4.90 Å². The minimum Gasteiger partial charge on any atom is -0.298 e. The van der Waals surface area contributed by atoms with Crippen LogP contribution in [0, 0.1) is 0 Å². The Morgan fingerprint density at radius 2 is 1.58 bits per heavy atom. The monoisotopic (exact) mass is 168 g/mol. The van der Waals surface area contributed by atoms with Crippen molar-refractivity contribution in [1.82, 2.24) is 4.90 Å². The molecular weight excluding hydrogens is 150 g/mol. The van der Waals surface area contributed by atoms with Crippen LogP contribution in [0.1, 0.15) is 38.5 Å². The Hall–Kier alpha value is -0.0800. The average molecular weight is 168 g/mol. The highest BCUT2D eigenvalue weighted by Crippen LogP contribution is 2.26. The van der Waals surface area contributed by atoms with Gasteiger partial charge in [-0.05, 0) is 38.8 Å². The Balaban J connectivity index is 1.91. The third-order valence-electron chi connectivity index (χ3n) is 3.28. The second-order valence-corrected chi connectivity index (χ2v) is 4.13. The van der Waals surface area contributed by atoms with Crippen LogP contribution < -0.4 is 0 Å². The Morgan fingerprint density at radius 1 is 0.917 bits per heavy atom. The molecule has 0 aromatic carbocycles. The van der Waals surface area contributed by atoms with E-state index in [1.165, 1.54) is 38.8 Å². The van der Waals surface area contributed by atoms with Crippen LogP contribution in [-0.2, 0) is 5.11 Å². The van der Waals surface area contributed by atoms with Crippen LogP contribution in [0.25, 0.3) is 0 Å². The molecule has 0 aromatic heterocycles. The minimum absolute atomic E-state index is 0.281. The van der Waals surface area contributed by atoms with Gasteiger partial charge in [-0.2, -0.15) is 0 Å². The first-order valence-electron chi connectivity index (χ1n) is 5.28. The lowest BCUT2D eigenvalue weighted by molar-refractivity contribution is -0.0165. The van der Waals surface area contributed by atoms with Crippen LogP contribution in [0.5, 0.6) is 0 Å². The van der Waals surface area contributed by atoms with Gasteiger partial charge in [0, 0.05) is 6.04 Å². The van der Waals surface area contributed by atoms with Gasteiger partial charge in [0.15, 0.2) is 0 Å². The predicted molar refractivity (Wildman–Crippen MR) is 47.5 cm³/mol. The molecule has 1 saturated carbocycles. The van der Waals surface area contributed by atoms with Gasteiger partial charge >= 0.3 is 0 Å². The zero-order valence-electron chi connectivity index (χ0n) is 7.67. The molecule has 0 amide bonds. The lowest BCUT2D eigenvalue weighted by Gasteiger charge is -2.33. The summed E-state index contributed by atoms with van der Waals surface area (Å²) in [7, 11) is 0. The van der Waals surface area contributed by atoms with Gasteiger partial charge in [-0.15, -0.1) is 0 Å². The number of hydrogen-bond donors (Lipinski definition) is 0. The maximum Gasteiger partial charge on any atom is 0.108 e. The quantitative estimate of drug-likeness (QED) is 0.585. The SMILES string of the molecule is [O]C1CCCCC1N1CCCC1. The molecular formula is C10H18NO. The van der Waals surface area contributed by atoms with Crippen molar-refractivity contribution in [1.29, 1.82) is 0 Å². The van der Waals surface area contributed by atoms with Crippen molar-refractivity contribution in [3.63, 3.8) is 0 Å². The smallest absolute Gasteiger partial charge is 0.108 e. The van der Waals surface area contributed by atoms with Crippen LogP contribution in [0.2, 0.25) is 0 Å². The van der Waals surface area contributed by atoms with Crippen LogP contribution in [0.3, 0.4) is 0 Å². The first-order chi connectivity index (χ1) is 5.88. The van der Waals surface area contributed by atoms with Crippen LogP contribution in [0.15, 0.2) is 0 Å². The van der Waals surface area contributed by atoms with Crippen LogP contribution in [0.4, 0.5) is 0 Å². The van der Waals surface area contributed by atoms with Gasteiger partial charge in [0.05, 0.1) is 0 Å². The summed E-state index contributed by atoms with van der Waals surface area (Å²) in [5.41, 5.74) is 0. The molecule has 1 saturated heterocycles. The first-order valence-corrected chi connectivity index (χ1v) is 5.28. The van der Waals surface area contributed by atoms with Gasteiger partial charge in [-0.1, -0.05) is 12.8 Å². The molecule has 1 aliphatic heterocycles. The van der Waals surface area contributed by atoms with Crippen LogP contribution >= 0.6 is 0 Å². The maximum atomic E-state index is 11.6. The summed E-state index contributed by atoms with van der Waals surface area (Å²) < 4.78 is 0. The molecule has 69 valence electrons. The van der Waals surface area contributed by atoms with Gasteiger partial charge < -0.3 is 0 Å². The molecule has 0 aromatic rings. The van der Waals surface area contributed by atoms with E-state index in [1.54, 1.807) is 0 Å². The maximum absolute atomic E-state index is 11.6. The summed E-state index contributed by atoms with van der Waals surface area (Å²) in [6.07, 6.45) is 6.86. The standard InChI is InChI=1S/C10H18NO/c12-10-6-2-1-5-9(10)11-7-3-4-8-11/h9-10H,1-8H2. The second kappa shape index (κ2) is 3.75. The van der Waals surface area contributed by atoms with Crippen molar-refractivity contribution in [3.05, 3.63) is 0 Å². The summed E-state index contributed by atoms with van der Waals surface area (Å²) >= 11 is 0. The first kappa shape index (κ1) is 8.52. The van der Waals surface area contributed by atoms with E-state index in [1.807, 2.05) is 0 Å². The van der Waals surface area contributed by atoms with E-state index in [-0.39, 0.29) is 6.10 Å². The highest BCUT2D eigenvalue weighted by molar-refractivity contribution is 4.84. The van der Waals surface area contributed by atoms with Gasteiger partial charge in [0.25, 0.3) is 0 Å². The van der Waals surface area contributed by atoms with Gasteiger partial charge in [-0.25, -0.2) is 5.11 Å². The van der Waals surface area contributed by atoms with E-state index < -0.39 is 0 Å². The molecule has 2 fully saturated rings. The van der Waals surface area contributed by atoms with E-state index in [9.17, 15) is 5.11 Å². The molecule has 1 heterocycles. The zero-order valence-corrected chi connectivity index (χ0v) is 7.67. The highest BCUT2D eigenvalue weighted by atomic mass is 16.3. The van der Waals surface area contributed by atoms with E-state index in [0.29, 0.717) is 6.04 Å². The Morgan fingerprint density at radius 3 is 2.25 bits per heavy atom. The van der Waals surface area contributed by atoms with Crippen molar-refractivity contribution < 1.29 is 5.11 Å². The topological polar surface area (TPSA) is 23.1 Å². The Bertz CT molecular complexity index is 143. The molecule has 2 atom stereocenters. The number of likely N-dealkylation sites (tertiary alicyclic amines) is 1. The normalized spacial score (nSPS) is 38.8. The molecule has 12 heavy (non-hydrogen) atoms. The van der Waals surface area contributed by atoms with E-state index in [4.69, 9.17) is 0 Å². The Labute approximate surface area is 74.6 Å². The number of nitrogens with zero attached hydrogens (tertiary/aromatic N) is 1. The van der Waals surface area contributed by atoms with Crippen molar-refractivity contribution >= 4 is 0 Å². The lowest BCUT2D eigenvalue weighted by Crippen LogP contribution is -2.43. The molecule has 1 radical (unpaired) electrons. The zero-order chi connectivity index (χ0) is 8.39. The fourth-order valence-electron chi connectivity index (χ4n) is 2.57. The minimum atomic E-state index is -0.281. The fourth-order valence-corrected chi connectivity index (χ4v) is 2.57. The molecule has 2 rings (SSSR count). The van der Waals surface area contributed by atoms with Gasteiger partial charge in [0.2, 0.25) is 0 Å². The van der Waals surface area contributed by atoms with Crippen molar-refractivity contribution in [2.24, 2.45) is 0 Å². The molecule has 0 N–H and O–H groups in total. The van der Waals surface area contributed by atoms with E-state index >= 15 is 0 Å². The fraction of sp³-hybridized carbons (Fsp3) is 1.00. The number of rotatable bonds is 1. The molecule has 2 heteroatoms. The third-order valence-corrected chi connectivity index (χ3v) is 3.28. The van der Waals surface area contributed by atoms with E-state index in [2.05, 4.69) is 4.90 Å². The Kier molecular flexibility index (Phi) is 2.66. The largest absolute Gasteiger partial charge is 0.298 e. The lowest BCUT2D eigenvalue weighted by atomic mass is 9.91.